The standard InChI is InChI=1S/C13H16N2O5/c1-3-5-8(4-2)6-9-12(17)15-10(13(18)14-9)7-11(16)20-19/h3-5,9-10,19H,1-2,6-7H2,(H,14,18)(H,15,17)/b8-5+. The van der Waals surface area contributed by atoms with Gasteiger partial charge in [-0.2, -0.15) is 5.26 Å². The number of nitrogens with one attached hydrogen (secondary N) is 2. The summed E-state index contributed by atoms with van der Waals surface area (Å²) in [6.45, 7) is 7.15. The average molecular weight is 280 g/mol. The smallest absolute Gasteiger partial charge is 0.342 e. The van der Waals surface area contributed by atoms with Crippen molar-refractivity contribution in [2.75, 3.05) is 0 Å². The number of carbonyl (C=O) groups excluding carboxylic acids is 3. The van der Waals surface area contributed by atoms with Crippen molar-refractivity contribution < 1.29 is 24.5 Å². The quantitative estimate of drug-likeness (QED) is 0.362. The van der Waals surface area contributed by atoms with Crippen molar-refractivity contribution in [2.24, 2.45) is 0 Å². The Bertz CT molecular complexity index is 469. The Balaban J connectivity index is 2.69. The minimum absolute atomic E-state index is 0.268. The van der Waals surface area contributed by atoms with E-state index < -0.39 is 36.3 Å². The van der Waals surface area contributed by atoms with E-state index in [9.17, 15) is 14.4 Å². The van der Waals surface area contributed by atoms with Gasteiger partial charge in [-0.05, 0) is 5.57 Å². The van der Waals surface area contributed by atoms with Gasteiger partial charge in [-0.3, -0.25) is 9.59 Å². The molecule has 2 unspecified atom stereocenters. The van der Waals surface area contributed by atoms with Crippen molar-refractivity contribution in [1.29, 1.82) is 0 Å². The summed E-state index contributed by atoms with van der Waals surface area (Å²) in [4.78, 5) is 38.0. The lowest BCUT2D eigenvalue weighted by Gasteiger charge is -2.29. The first-order chi connectivity index (χ1) is 9.51. The zero-order valence-corrected chi connectivity index (χ0v) is 10.8. The molecule has 1 rings (SSSR count). The van der Waals surface area contributed by atoms with E-state index in [0.29, 0.717) is 0 Å². The van der Waals surface area contributed by atoms with Crippen molar-refractivity contribution in [3.8, 4) is 0 Å². The van der Waals surface area contributed by atoms with E-state index in [4.69, 9.17) is 5.26 Å². The highest BCUT2D eigenvalue weighted by Crippen LogP contribution is 2.11. The molecule has 0 spiro atoms. The van der Waals surface area contributed by atoms with Crippen LogP contribution in [0.3, 0.4) is 0 Å². The molecule has 0 aromatic carbocycles. The molecule has 1 fully saturated rings. The van der Waals surface area contributed by atoms with Gasteiger partial charge in [0.15, 0.2) is 0 Å². The molecule has 20 heavy (non-hydrogen) atoms. The number of hydrogen-bond acceptors (Lipinski definition) is 5. The van der Waals surface area contributed by atoms with Crippen molar-refractivity contribution in [3.05, 3.63) is 37.0 Å². The highest BCUT2D eigenvalue weighted by molar-refractivity contribution is 5.98. The molecule has 1 aliphatic heterocycles. The van der Waals surface area contributed by atoms with Crippen LogP contribution in [0.4, 0.5) is 0 Å². The molecule has 108 valence electrons. The SMILES string of the molecule is C=C/C=C(\C=C)CC1NC(=O)C(CC(=O)OO)NC1=O. The predicted molar refractivity (Wildman–Crippen MR) is 70.3 cm³/mol. The highest BCUT2D eigenvalue weighted by Gasteiger charge is 2.35. The summed E-state index contributed by atoms with van der Waals surface area (Å²) < 4.78 is 0. The Morgan fingerprint density at radius 1 is 1.20 bits per heavy atom. The van der Waals surface area contributed by atoms with E-state index >= 15 is 0 Å². The van der Waals surface area contributed by atoms with E-state index in [1.807, 2.05) is 0 Å². The van der Waals surface area contributed by atoms with Crippen LogP contribution in [0.2, 0.25) is 0 Å². The summed E-state index contributed by atoms with van der Waals surface area (Å²) in [5.41, 5.74) is 0.744. The van der Waals surface area contributed by atoms with Gasteiger partial charge < -0.3 is 15.5 Å². The second-order valence-electron chi connectivity index (χ2n) is 4.18. The molecule has 0 aromatic rings. The van der Waals surface area contributed by atoms with Crippen LogP contribution in [0.15, 0.2) is 37.0 Å². The second-order valence-corrected chi connectivity index (χ2v) is 4.18. The maximum absolute atomic E-state index is 11.8. The highest BCUT2D eigenvalue weighted by atomic mass is 17.1. The van der Waals surface area contributed by atoms with Crippen LogP contribution in [-0.2, 0) is 19.3 Å². The van der Waals surface area contributed by atoms with Gasteiger partial charge in [0, 0.05) is 6.42 Å². The second kappa shape index (κ2) is 7.25. The number of hydrogen-bond donors (Lipinski definition) is 3. The van der Waals surface area contributed by atoms with E-state index in [1.165, 1.54) is 0 Å². The van der Waals surface area contributed by atoms with E-state index in [2.05, 4.69) is 28.7 Å². The molecule has 2 atom stereocenters. The molecular formula is C13H16N2O5. The maximum atomic E-state index is 11.8. The Kier molecular flexibility index (Phi) is 5.67. The van der Waals surface area contributed by atoms with Gasteiger partial charge in [0.05, 0.1) is 6.42 Å². The van der Waals surface area contributed by atoms with Crippen molar-refractivity contribution >= 4 is 17.8 Å². The number of amides is 2. The monoisotopic (exact) mass is 280 g/mol. The van der Waals surface area contributed by atoms with Crippen LogP contribution in [0.1, 0.15) is 12.8 Å². The topological polar surface area (TPSA) is 105 Å². The maximum Gasteiger partial charge on any atom is 0.344 e. The molecular weight excluding hydrogens is 264 g/mol. The fourth-order valence-electron chi connectivity index (χ4n) is 1.77. The predicted octanol–water partition coefficient (Wildman–Crippen LogP) is 0.0644. The lowest BCUT2D eigenvalue weighted by atomic mass is 10.0. The van der Waals surface area contributed by atoms with Crippen LogP contribution in [0.5, 0.6) is 0 Å². The molecule has 1 aliphatic rings. The zero-order valence-electron chi connectivity index (χ0n) is 10.8. The van der Waals surface area contributed by atoms with Crippen LogP contribution < -0.4 is 10.6 Å². The number of piperazine rings is 1. The first-order valence-electron chi connectivity index (χ1n) is 5.90. The first kappa shape index (κ1) is 15.6. The van der Waals surface area contributed by atoms with E-state index in [0.717, 1.165) is 5.57 Å². The summed E-state index contributed by atoms with van der Waals surface area (Å²) >= 11 is 0. The Morgan fingerprint density at radius 3 is 2.20 bits per heavy atom. The van der Waals surface area contributed by atoms with Gasteiger partial charge in [-0.15, -0.1) is 0 Å². The van der Waals surface area contributed by atoms with Gasteiger partial charge in [0.2, 0.25) is 11.8 Å². The summed E-state index contributed by atoms with van der Waals surface area (Å²) in [5.74, 6) is -1.93. The number of allylic oxidation sites excluding steroid dienone is 3. The summed E-state index contributed by atoms with van der Waals surface area (Å²) in [5, 5.41) is 13.1. The van der Waals surface area contributed by atoms with Crippen LogP contribution in [-0.4, -0.2) is 35.1 Å². The van der Waals surface area contributed by atoms with Crippen molar-refractivity contribution in [1.82, 2.24) is 10.6 Å². The molecule has 1 heterocycles. The summed E-state index contributed by atoms with van der Waals surface area (Å²) in [7, 11) is 0. The van der Waals surface area contributed by atoms with Gasteiger partial charge >= 0.3 is 5.97 Å². The van der Waals surface area contributed by atoms with E-state index in [1.54, 1.807) is 18.2 Å². The minimum Gasteiger partial charge on any atom is -0.342 e. The third-order valence-corrected chi connectivity index (χ3v) is 2.77. The Labute approximate surface area is 115 Å². The Morgan fingerprint density at radius 2 is 1.75 bits per heavy atom. The van der Waals surface area contributed by atoms with Crippen LogP contribution >= 0.6 is 0 Å². The molecule has 0 aliphatic carbocycles. The zero-order chi connectivity index (χ0) is 15.1. The third-order valence-electron chi connectivity index (χ3n) is 2.77. The van der Waals surface area contributed by atoms with Gasteiger partial charge in [0.25, 0.3) is 0 Å². The normalized spacial score (nSPS) is 22.6. The average Bonchev–Trinajstić information content (AvgIpc) is 2.43. The number of rotatable bonds is 6. The molecule has 1 saturated heterocycles. The lowest BCUT2D eigenvalue weighted by Crippen LogP contribution is -2.62. The number of carbonyl (C=O) groups is 3. The fraction of sp³-hybridized carbons (Fsp3) is 0.308. The van der Waals surface area contributed by atoms with Gasteiger partial charge in [0.1, 0.15) is 12.1 Å². The van der Waals surface area contributed by atoms with Gasteiger partial charge in [-0.25, -0.2) is 4.79 Å². The largest absolute Gasteiger partial charge is 0.344 e. The molecule has 0 bridgehead atoms. The molecule has 2 amide bonds. The Hall–Kier alpha value is -2.41. The van der Waals surface area contributed by atoms with Gasteiger partial charge in [-0.1, -0.05) is 31.4 Å². The van der Waals surface area contributed by atoms with Crippen molar-refractivity contribution in [3.63, 3.8) is 0 Å². The molecule has 7 heteroatoms. The van der Waals surface area contributed by atoms with Crippen LogP contribution in [0.25, 0.3) is 0 Å². The first-order valence-corrected chi connectivity index (χ1v) is 5.90. The van der Waals surface area contributed by atoms with Crippen LogP contribution in [0, 0.1) is 0 Å². The lowest BCUT2D eigenvalue weighted by molar-refractivity contribution is -0.234. The van der Waals surface area contributed by atoms with Crippen molar-refractivity contribution in [2.45, 2.75) is 24.9 Å². The summed E-state index contributed by atoms with van der Waals surface area (Å²) in [6.07, 6.45) is 4.64. The molecule has 0 aromatic heterocycles. The molecule has 3 N–H and O–H groups in total. The van der Waals surface area contributed by atoms with E-state index in [-0.39, 0.29) is 6.42 Å². The molecule has 0 saturated carbocycles. The third kappa shape index (κ3) is 4.06. The minimum atomic E-state index is -1.05. The molecule has 7 nitrogen and oxygen atoms in total. The summed E-state index contributed by atoms with van der Waals surface area (Å²) in [6, 6.07) is -1.79. The molecule has 0 radical (unpaired) electrons. The fourth-order valence-corrected chi connectivity index (χ4v) is 1.77.